The molecule has 39 heavy (non-hydrogen) atoms. The van der Waals surface area contributed by atoms with Crippen LogP contribution in [0.2, 0.25) is 0 Å². The van der Waals surface area contributed by atoms with Crippen LogP contribution >= 0.6 is 11.8 Å². The molecule has 2 N–H and O–H groups in total. The quantitative estimate of drug-likeness (QED) is 0.354. The van der Waals surface area contributed by atoms with Gasteiger partial charge < -0.3 is 15.4 Å². The minimum absolute atomic E-state index is 0.0439. The first-order valence-corrected chi connectivity index (χ1v) is 14.1. The number of carbonyl (C=O) groups excluding carboxylic acids is 1. The number of carbonyl (C=O) groups is 1. The summed E-state index contributed by atoms with van der Waals surface area (Å²) in [6, 6.07) is 16.5. The molecule has 200 valence electrons. The fourth-order valence-electron chi connectivity index (χ4n) is 4.91. The lowest BCUT2D eigenvalue weighted by molar-refractivity contribution is -0.131. The number of ether oxygens (including phenoxy) is 1. The van der Waals surface area contributed by atoms with Gasteiger partial charge in [-0.3, -0.25) is 18.8 Å². The third-order valence-electron chi connectivity index (χ3n) is 7.02. The number of thioether (sulfide) groups is 1. The van der Waals surface area contributed by atoms with Crippen molar-refractivity contribution >= 4 is 34.7 Å². The van der Waals surface area contributed by atoms with Crippen molar-refractivity contribution < 1.29 is 9.53 Å². The standard InChI is InChI=1S/C28H29N7O3S/c29-26-25-27(31-19-30-26)35(21-17-33(18-21)24(36)7-4-12-32-13-15-39-16-14-32)28(37)34(25)20-8-10-23(11-9-20)38-22-5-2-1-3-6-22/h1-11,19,21H,12-18H2,(H2,29,30,31)/b7-4+. The number of amides is 1. The Morgan fingerprint density at radius 3 is 2.49 bits per heavy atom. The first-order chi connectivity index (χ1) is 19.1. The van der Waals surface area contributed by atoms with Gasteiger partial charge in [-0.15, -0.1) is 0 Å². The zero-order chi connectivity index (χ0) is 26.8. The maximum atomic E-state index is 13.7. The van der Waals surface area contributed by atoms with Crippen LogP contribution in [0.1, 0.15) is 6.04 Å². The lowest BCUT2D eigenvalue weighted by Crippen LogP contribution is -2.52. The van der Waals surface area contributed by atoms with E-state index in [1.54, 1.807) is 39.8 Å². The molecule has 0 bridgehead atoms. The highest BCUT2D eigenvalue weighted by Gasteiger charge is 2.35. The van der Waals surface area contributed by atoms with E-state index in [0.717, 1.165) is 36.9 Å². The molecule has 0 atom stereocenters. The van der Waals surface area contributed by atoms with Crippen LogP contribution in [0.15, 0.2) is 77.9 Å². The van der Waals surface area contributed by atoms with Gasteiger partial charge in [0.05, 0.1) is 11.7 Å². The molecule has 10 nitrogen and oxygen atoms in total. The van der Waals surface area contributed by atoms with Crippen molar-refractivity contribution in [3.8, 4) is 17.2 Å². The lowest BCUT2D eigenvalue weighted by Gasteiger charge is -2.38. The highest BCUT2D eigenvalue weighted by atomic mass is 32.2. The molecule has 2 saturated heterocycles. The van der Waals surface area contributed by atoms with E-state index in [4.69, 9.17) is 10.5 Å². The monoisotopic (exact) mass is 543 g/mol. The van der Waals surface area contributed by atoms with Crippen LogP contribution in [0.4, 0.5) is 5.82 Å². The number of nitrogen functional groups attached to an aromatic ring is 1. The Labute approximate surface area is 229 Å². The highest BCUT2D eigenvalue weighted by Crippen LogP contribution is 2.28. The van der Waals surface area contributed by atoms with Crippen molar-refractivity contribution in [2.45, 2.75) is 6.04 Å². The van der Waals surface area contributed by atoms with Crippen molar-refractivity contribution in [3.05, 3.63) is 83.6 Å². The topological polar surface area (TPSA) is 112 Å². The number of likely N-dealkylation sites (tertiary alicyclic amines) is 1. The third kappa shape index (κ3) is 5.15. The largest absolute Gasteiger partial charge is 0.457 e. The van der Waals surface area contributed by atoms with E-state index < -0.39 is 0 Å². The van der Waals surface area contributed by atoms with Crippen LogP contribution in [0.3, 0.4) is 0 Å². The summed E-state index contributed by atoms with van der Waals surface area (Å²) in [6.07, 6.45) is 4.93. The molecule has 0 saturated carbocycles. The predicted octanol–water partition coefficient (Wildman–Crippen LogP) is 2.95. The van der Waals surface area contributed by atoms with Gasteiger partial charge in [-0.25, -0.2) is 14.8 Å². The molecule has 2 aliphatic rings. The first-order valence-electron chi connectivity index (χ1n) is 12.9. The second-order valence-electron chi connectivity index (χ2n) is 9.54. The van der Waals surface area contributed by atoms with Crippen molar-refractivity contribution in [1.29, 1.82) is 0 Å². The van der Waals surface area contributed by atoms with Gasteiger partial charge in [-0.1, -0.05) is 24.3 Å². The van der Waals surface area contributed by atoms with Gasteiger partial charge in [-0.05, 0) is 36.4 Å². The van der Waals surface area contributed by atoms with Crippen LogP contribution in [0, 0.1) is 0 Å². The molecule has 0 spiro atoms. The Bertz CT molecular complexity index is 1550. The summed E-state index contributed by atoms with van der Waals surface area (Å²) in [5.41, 5.74) is 7.48. The number of para-hydroxylation sites is 1. The summed E-state index contributed by atoms with van der Waals surface area (Å²) in [6.45, 7) is 3.74. The summed E-state index contributed by atoms with van der Waals surface area (Å²) in [4.78, 5) is 39.0. The average Bonchev–Trinajstić information content (AvgIpc) is 3.22. The Morgan fingerprint density at radius 1 is 1.03 bits per heavy atom. The SMILES string of the molecule is Nc1ncnc2c1n(-c1ccc(Oc3ccccc3)cc1)c(=O)n2C1CN(C(=O)/C=C/CN2CCSCC2)C1. The van der Waals surface area contributed by atoms with Crippen LogP contribution in [-0.2, 0) is 4.79 Å². The minimum atomic E-state index is -0.274. The Hall–Kier alpha value is -4.09. The number of nitrogens with two attached hydrogens (primary N) is 1. The van der Waals surface area contributed by atoms with Gasteiger partial charge in [0.2, 0.25) is 5.91 Å². The molecular formula is C28H29N7O3S. The molecule has 2 aromatic carbocycles. The normalized spacial score (nSPS) is 16.6. The van der Waals surface area contributed by atoms with Crippen LogP contribution in [0.5, 0.6) is 11.5 Å². The van der Waals surface area contributed by atoms with E-state index in [1.165, 1.54) is 10.9 Å². The van der Waals surface area contributed by atoms with E-state index in [1.807, 2.05) is 48.2 Å². The molecule has 2 aromatic heterocycles. The molecule has 2 fully saturated rings. The molecular weight excluding hydrogens is 514 g/mol. The number of imidazole rings is 1. The fourth-order valence-corrected chi connectivity index (χ4v) is 5.89. The number of fused-ring (bicyclic) bond motifs is 1. The van der Waals surface area contributed by atoms with Crippen molar-refractivity contribution in [1.82, 2.24) is 28.9 Å². The van der Waals surface area contributed by atoms with Gasteiger partial charge in [0, 0.05) is 50.3 Å². The maximum absolute atomic E-state index is 13.7. The average molecular weight is 544 g/mol. The van der Waals surface area contributed by atoms with Crippen molar-refractivity contribution in [2.24, 2.45) is 0 Å². The van der Waals surface area contributed by atoms with Gasteiger partial charge in [0.25, 0.3) is 0 Å². The zero-order valence-corrected chi connectivity index (χ0v) is 22.2. The second kappa shape index (κ2) is 11.0. The van der Waals surface area contributed by atoms with Crippen LogP contribution in [0.25, 0.3) is 16.9 Å². The van der Waals surface area contributed by atoms with E-state index >= 15 is 0 Å². The number of nitrogens with zero attached hydrogens (tertiary/aromatic N) is 6. The molecule has 1 amide bonds. The highest BCUT2D eigenvalue weighted by molar-refractivity contribution is 7.99. The summed E-state index contributed by atoms with van der Waals surface area (Å²) >= 11 is 1.96. The third-order valence-corrected chi connectivity index (χ3v) is 7.96. The van der Waals surface area contributed by atoms with Crippen molar-refractivity contribution in [2.75, 3.05) is 50.0 Å². The Balaban J connectivity index is 1.21. The summed E-state index contributed by atoms with van der Waals surface area (Å²) in [5.74, 6) is 3.81. The molecule has 6 rings (SSSR count). The minimum Gasteiger partial charge on any atom is -0.457 e. The number of benzene rings is 2. The summed E-state index contributed by atoms with van der Waals surface area (Å²) in [5, 5.41) is 0. The molecule has 0 radical (unpaired) electrons. The molecule has 4 aromatic rings. The number of rotatable bonds is 7. The van der Waals surface area contributed by atoms with Crippen molar-refractivity contribution in [3.63, 3.8) is 0 Å². The zero-order valence-electron chi connectivity index (χ0n) is 21.3. The Kier molecular flexibility index (Phi) is 7.08. The van der Waals surface area contributed by atoms with Gasteiger partial charge in [0.15, 0.2) is 11.5 Å². The maximum Gasteiger partial charge on any atom is 0.335 e. The molecule has 0 aliphatic carbocycles. The van der Waals surface area contributed by atoms with E-state index in [0.29, 0.717) is 35.7 Å². The van der Waals surface area contributed by atoms with Gasteiger partial charge in [-0.2, -0.15) is 11.8 Å². The predicted molar refractivity (Wildman–Crippen MR) is 153 cm³/mol. The van der Waals surface area contributed by atoms with Gasteiger partial charge in [0.1, 0.15) is 23.3 Å². The second-order valence-corrected chi connectivity index (χ2v) is 10.8. The first kappa shape index (κ1) is 25.2. The van der Waals surface area contributed by atoms with Gasteiger partial charge >= 0.3 is 5.69 Å². The Morgan fingerprint density at radius 2 is 1.74 bits per heavy atom. The molecule has 4 heterocycles. The smallest absolute Gasteiger partial charge is 0.335 e. The number of anilines is 1. The number of hydrogen-bond acceptors (Lipinski definition) is 8. The van der Waals surface area contributed by atoms with E-state index in [-0.39, 0.29) is 23.5 Å². The lowest BCUT2D eigenvalue weighted by atomic mass is 10.1. The molecule has 11 heteroatoms. The summed E-state index contributed by atoms with van der Waals surface area (Å²) in [7, 11) is 0. The number of aromatic nitrogens is 4. The molecule has 0 unspecified atom stereocenters. The summed E-state index contributed by atoms with van der Waals surface area (Å²) < 4.78 is 9.04. The van der Waals surface area contributed by atoms with E-state index in [9.17, 15) is 9.59 Å². The fraction of sp³-hybridized carbons (Fsp3) is 0.286. The van der Waals surface area contributed by atoms with E-state index in [2.05, 4.69) is 14.9 Å². The van der Waals surface area contributed by atoms with Crippen LogP contribution < -0.4 is 16.2 Å². The van der Waals surface area contributed by atoms with Crippen LogP contribution in [-0.4, -0.2) is 79.0 Å². The number of hydrogen-bond donors (Lipinski definition) is 1. The molecule has 2 aliphatic heterocycles.